The highest BCUT2D eigenvalue weighted by Crippen LogP contribution is 2.20. The first-order valence-corrected chi connectivity index (χ1v) is 7.13. The molecule has 0 aliphatic rings. The highest BCUT2D eigenvalue weighted by Gasteiger charge is 2.14. The number of pyridine rings is 1. The molecule has 0 atom stereocenters. The molecular weight excluding hydrogens is 262 g/mol. The number of hydrogen-bond donors (Lipinski definition) is 2. The molecule has 2 heterocycles. The number of H-pyrrole nitrogens is 1. The number of rotatable bonds is 3. The van der Waals surface area contributed by atoms with Crippen molar-refractivity contribution in [3.63, 3.8) is 0 Å². The first kappa shape index (κ1) is 11.7. The first-order valence-electron chi connectivity index (χ1n) is 5.65. The molecule has 6 heteroatoms. The lowest BCUT2D eigenvalue weighted by molar-refractivity contribution is 0.601. The van der Waals surface area contributed by atoms with Crippen LogP contribution in [0.4, 0.5) is 5.69 Å². The third-order valence-electron chi connectivity index (χ3n) is 2.75. The van der Waals surface area contributed by atoms with Gasteiger partial charge in [0, 0.05) is 35.2 Å². The van der Waals surface area contributed by atoms with Crippen LogP contribution in [0, 0.1) is 0 Å². The molecule has 0 fully saturated rings. The Balaban J connectivity index is 1.96. The van der Waals surface area contributed by atoms with Crippen LogP contribution in [0.5, 0.6) is 0 Å². The van der Waals surface area contributed by atoms with Crippen molar-refractivity contribution in [1.29, 1.82) is 0 Å². The fourth-order valence-electron chi connectivity index (χ4n) is 1.84. The summed E-state index contributed by atoms with van der Waals surface area (Å²) in [7, 11) is -3.59. The Kier molecular flexibility index (Phi) is 2.72. The second kappa shape index (κ2) is 4.40. The second-order valence-electron chi connectivity index (χ2n) is 4.07. The van der Waals surface area contributed by atoms with Crippen LogP contribution in [0.25, 0.3) is 10.9 Å². The maximum Gasteiger partial charge on any atom is 0.263 e. The van der Waals surface area contributed by atoms with E-state index in [4.69, 9.17) is 0 Å². The number of sulfonamides is 1. The van der Waals surface area contributed by atoms with E-state index in [1.807, 2.05) is 18.3 Å². The van der Waals surface area contributed by atoms with E-state index < -0.39 is 10.0 Å². The van der Waals surface area contributed by atoms with Gasteiger partial charge in [-0.25, -0.2) is 8.42 Å². The van der Waals surface area contributed by atoms with Crippen molar-refractivity contribution < 1.29 is 8.42 Å². The molecule has 0 saturated carbocycles. The van der Waals surface area contributed by atoms with Gasteiger partial charge >= 0.3 is 0 Å². The third-order valence-corrected chi connectivity index (χ3v) is 4.12. The Hall–Kier alpha value is -2.34. The number of fused-ring (bicyclic) bond motifs is 1. The van der Waals surface area contributed by atoms with Crippen LogP contribution >= 0.6 is 0 Å². The third kappa shape index (κ3) is 2.30. The van der Waals surface area contributed by atoms with Gasteiger partial charge in [0.2, 0.25) is 0 Å². The van der Waals surface area contributed by atoms with Crippen LogP contribution in [0.3, 0.4) is 0 Å². The Morgan fingerprint density at radius 2 is 2.05 bits per heavy atom. The summed E-state index contributed by atoms with van der Waals surface area (Å²) >= 11 is 0. The van der Waals surface area contributed by atoms with Gasteiger partial charge in [-0.15, -0.1) is 0 Å². The van der Waals surface area contributed by atoms with Crippen molar-refractivity contribution in [2.75, 3.05) is 4.72 Å². The SMILES string of the molecule is O=S(=O)(Nc1ccc2[nH]ccc2c1)c1cccnc1. The monoisotopic (exact) mass is 273 g/mol. The van der Waals surface area contributed by atoms with Crippen molar-refractivity contribution in [3.05, 3.63) is 55.0 Å². The van der Waals surface area contributed by atoms with E-state index in [0.29, 0.717) is 5.69 Å². The molecule has 0 aliphatic heterocycles. The predicted octanol–water partition coefficient (Wildman–Crippen LogP) is 2.36. The highest BCUT2D eigenvalue weighted by atomic mass is 32.2. The van der Waals surface area contributed by atoms with Crippen LogP contribution in [0.1, 0.15) is 0 Å². The Morgan fingerprint density at radius 3 is 2.84 bits per heavy atom. The first-order chi connectivity index (χ1) is 9.15. The van der Waals surface area contributed by atoms with E-state index in [1.165, 1.54) is 18.5 Å². The standard InChI is InChI=1S/C13H11N3O2S/c17-19(18,12-2-1-6-14-9-12)16-11-3-4-13-10(8-11)5-7-15-13/h1-9,15-16H. The number of benzene rings is 1. The number of anilines is 1. The van der Waals surface area contributed by atoms with Crippen molar-refractivity contribution in [2.45, 2.75) is 4.90 Å². The quantitative estimate of drug-likeness (QED) is 0.769. The molecule has 2 aromatic heterocycles. The van der Waals surface area contributed by atoms with Crippen LogP contribution < -0.4 is 4.72 Å². The summed E-state index contributed by atoms with van der Waals surface area (Å²) in [4.78, 5) is 7.01. The summed E-state index contributed by atoms with van der Waals surface area (Å²) < 4.78 is 26.8. The molecule has 2 N–H and O–H groups in total. The summed E-state index contributed by atoms with van der Waals surface area (Å²) in [6.45, 7) is 0. The van der Waals surface area contributed by atoms with Gasteiger partial charge in [0.1, 0.15) is 4.90 Å². The van der Waals surface area contributed by atoms with E-state index in [9.17, 15) is 8.42 Å². The molecule has 96 valence electrons. The number of aromatic amines is 1. The fraction of sp³-hybridized carbons (Fsp3) is 0. The fourth-order valence-corrected chi connectivity index (χ4v) is 2.85. The second-order valence-corrected chi connectivity index (χ2v) is 5.76. The van der Waals surface area contributed by atoms with Crippen LogP contribution in [0.2, 0.25) is 0 Å². The zero-order chi connectivity index (χ0) is 13.3. The molecule has 19 heavy (non-hydrogen) atoms. The van der Waals surface area contributed by atoms with Gasteiger partial charge in [-0.3, -0.25) is 9.71 Å². The smallest absolute Gasteiger partial charge is 0.263 e. The van der Waals surface area contributed by atoms with E-state index >= 15 is 0 Å². The zero-order valence-corrected chi connectivity index (χ0v) is 10.7. The minimum atomic E-state index is -3.59. The van der Waals surface area contributed by atoms with Gasteiger partial charge in [0.15, 0.2) is 0 Å². The summed E-state index contributed by atoms with van der Waals surface area (Å²) in [6, 6.07) is 10.3. The highest BCUT2D eigenvalue weighted by molar-refractivity contribution is 7.92. The minimum absolute atomic E-state index is 0.143. The molecule has 0 unspecified atom stereocenters. The largest absolute Gasteiger partial charge is 0.361 e. The van der Waals surface area contributed by atoms with Crippen molar-refractivity contribution in [3.8, 4) is 0 Å². The van der Waals surface area contributed by atoms with Gasteiger partial charge in [-0.2, -0.15) is 0 Å². The molecule has 5 nitrogen and oxygen atoms in total. The summed E-state index contributed by atoms with van der Waals surface area (Å²) in [5, 5.41) is 0.950. The van der Waals surface area contributed by atoms with E-state index in [0.717, 1.165) is 10.9 Å². The molecule has 0 saturated heterocycles. The maximum atomic E-state index is 12.1. The van der Waals surface area contributed by atoms with Gasteiger partial charge < -0.3 is 4.98 Å². The molecule has 3 aromatic rings. The Labute approximate surface area is 110 Å². The van der Waals surface area contributed by atoms with E-state index in [2.05, 4.69) is 14.7 Å². The van der Waals surface area contributed by atoms with E-state index in [-0.39, 0.29) is 4.90 Å². The molecular formula is C13H11N3O2S. The molecule has 3 rings (SSSR count). The predicted molar refractivity (Wildman–Crippen MR) is 73.3 cm³/mol. The lowest BCUT2D eigenvalue weighted by Crippen LogP contribution is -2.12. The molecule has 1 aromatic carbocycles. The van der Waals surface area contributed by atoms with Crippen LogP contribution in [0.15, 0.2) is 59.9 Å². The van der Waals surface area contributed by atoms with Gasteiger partial charge in [0.25, 0.3) is 10.0 Å². The molecule has 0 aliphatic carbocycles. The maximum absolute atomic E-state index is 12.1. The number of nitrogens with zero attached hydrogens (tertiary/aromatic N) is 1. The molecule has 0 radical (unpaired) electrons. The van der Waals surface area contributed by atoms with Crippen LogP contribution in [-0.4, -0.2) is 18.4 Å². The lowest BCUT2D eigenvalue weighted by Gasteiger charge is -2.07. The van der Waals surface area contributed by atoms with Crippen molar-refractivity contribution in [2.24, 2.45) is 0 Å². The van der Waals surface area contributed by atoms with Crippen molar-refractivity contribution >= 4 is 26.6 Å². The average Bonchev–Trinajstić information content (AvgIpc) is 2.87. The number of nitrogens with one attached hydrogen (secondary N) is 2. The number of aromatic nitrogens is 2. The molecule has 0 spiro atoms. The number of hydrogen-bond acceptors (Lipinski definition) is 3. The Morgan fingerprint density at radius 1 is 1.16 bits per heavy atom. The average molecular weight is 273 g/mol. The topological polar surface area (TPSA) is 74.8 Å². The lowest BCUT2D eigenvalue weighted by atomic mass is 10.2. The normalized spacial score (nSPS) is 11.6. The van der Waals surface area contributed by atoms with Gasteiger partial charge in [-0.1, -0.05) is 0 Å². The minimum Gasteiger partial charge on any atom is -0.361 e. The Bertz CT molecular complexity index is 810. The zero-order valence-electron chi connectivity index (χ0n) is 9.87. The molecule has 0 bridgehead atoms. The summed E-state index contributed by atoms with van der Waals surface area (Å²) in [5.41, 5.74) is 1.49. The van der Waals surface area contributed by atoms with Crippen molar-refractivity contribution in [1.82, 2.24) is 9.97 Å². The van der Waals surface area contributed by atoms with Gasteiger partial charge in [-0.05, 0) is 36.4 Å². The van der Waals surface area contributed by atoms with E-state index in [1.54, 1.807) is 18.2 Å². The van der Waals surface area contributed by atoms with Crippen LogP contribution in [-0.2, 0) is 10.0 Å². The summed E-state index contributed by atoms with van der Waals surface area (Å²) in [5.74, 6) is 0. The summed E-state index contributed by atoms with van der Waals surface area (Å²) in [6.07, 6.45) is 4.66. The van der Waals surface area contributed by atoms with Gasteiger partial charge in [0.05, 0.1) is 0 Å². The molecule has 0 amide bonds.